The SMILES string of the molecule is CSCCC(NC(=O)c1ccccc1Cl)C(=O)NCC(C1CCOC1)N1CCOCC1. The van der Waals surface area contributed by atoms with Crippen LogP contribution in [0.15, 0.2) is 24.3 Å². The number of hydrogen-bond acceptors (Lipinski definition) is 6. The zero-order chi connectivity index (χ0) is 22.1. The molecule has 2 aliphatic rings. The maximum absolute atomic E-state index is 13.1. The van der Waals surface area contributed by atoms with Crippen molar-refractivity contribution in [1.82, 2.24) is 15.5 Å². The van der Waals surface area contributed by atoms with Crippen LogP contribution in [0.4, 0.5) is 0 Å². The van der Waals surface area contributed by atoms with Gasteiger partial charge in [-0.3, -0.25) is 14.5 Å². The van der Waals surface area contributed by atoms with Crippen LogP contribution >= 0.6 is 23.4 Å². The van der Waals surface area contributed by atoms with Crippen LogP contribution in [0.25, 0.3) is 0 Å². The van der Waals surface area contributed by atoms with E-state index in [1.807, 2.05) is 6.26 Å². The lowest BCUT2D eigenvalue weighted by molar-refractivity contribution is -0.123. The van der Waals surface area contributed by atoms with Crippen molar-refractivity contribution >= 4 is 35.2 Å². The topological polar surface area (TPSA) is 79.9 Å². The van der Waals surface area contributed by atoms with Crippen LogP contribution in [0.5, 0.6) is 0 Å². The number of benzene rings is 1. The third-order valence-electron chi connectivity index (χ3n) is 5.86. The molecule has 0 aliphatic carbocycles. The van der Waals surface area contributed by atoms with E-state index in [2.05, 4.69) is 15.5 Å². The van der Waals surface area contributed by atoms with Crippen LogP contribution in [-0.4, -0.2) is 86.9 Å². The van der Waals surface area contributed by atoms with Gasteiger partial charge >= 0.3 is 0 Å². The number of hydrogen-bond donors (Lipinski definition) is 2. The third kappa shape index (κ3) is 7.08. The van der Waals surface area contributed by atoms with Crippen molar-refractivity contribution in [1.29, 1.82) is 0 Å². The van der Waals surface area contributed by atoms with E-state index in [0.29, 0.717) is 42.7 Å². The highest BCUT2D eigenvalue weighted by atomic mass is 35.5. The summed E-state index contributed by atoms with van der Waals surface area (Å²) in [5, 5.41) is 6.35. The number of rotatable bonds is 10. The summed E-state index contributed by atoms with van der Waals surface area (Å²) in [7, 11) is 0. The molecule has 3 unspecified atom stereocenters. The van der Waals surface area contributed by atoms with Crippen molar-refractivity contribution in [2.24, 2.45) is 5.92 Å². The number of thioether (sulfide) groups is 1. The van der Waals surface area contributed by atoms with Crippen LogP contribution < -0.4 is 10.6 Å². The first kappa shape index (κ1) is 24.3. The maximum atomic E-state index is 13.1. The zero-order valence-electron chi connectivity index (χ0n) is 18.0. The summed E-state index contributed by atoms with van der Waals surface area (Å²) in [6, 6.07) is 6.46. The van der Waals surface area contributed by atoms with Gasteiger partial charge in [0.05, 0.1) is 30.4 Å². The first-order chi connectivity index (χ1) is 15.1. The Morgan fingerprint density at radius 3 is 2.68 bits per heavy atom. The molecule has 0 bridgehead atoms. The van der Waals surface area contributed by atoms with Crippen LogP contribution in [-0.2, 0) is 14.3 Å². The maximum Gasteiger partial charge on any atom is 0.253 e. The van der Waals surface area contributed by atoms with Crippen LogP contribution in [0.3, 0.4) is 0 Å². The molecule has 0 radical (unpaired) electrons. The van der Waals surface area contributed by atoms with E-state index < -0.39 is 6.04 Å². The Balaban J connectivity index is 1.62. The standard InChI is InChI=1S/C22H32ClN3O4S/c1-31-13-7-19(25-21(27)17-4-2-3-5-18(17)23)22(28)24-14-20(16-6-10-30-15-16)26-8-11-29-12-9-26/h2-5,16,19-20H,6-15H2,1H3,(H,24,28)(H,25,27). The van der Waals surface area contributed by atoms with Gasteiger partial charge in [0.15, 0.2) is 0 Å². The normalized spacial score (nSPS) is 21.4. The van der Waals surface area contributed by atoms with Gasteiger partial charge in [-0.15, -0.1) is 0 Å². The number of amides is 2. The summed E-state index contributed by atoms with van der Waals surface area (Å²) in [4.78, 5) is 28.2. The van der Waals surface area contributed by atoms with Crippen molar-refractivity contribution in [3.05, 3.63) is 34.9 Å². The number of ether oxygens (including phenoxy) is 2. The van der Waals surface area contributed by atoms with E-state index in [0.717, 1.165) is 38.5 Å². The molecule has 0 aromatic heterocycles. The first-order valence-corrected chi connectivity index (χ1v) is 12.6. The quantitative estimate of drug-likeness (QED) is 0.546. The summed E-state index contributed by atoms with van der Waals surface area (Å²) in [5.41, 5.74) is 0.375. The molecule has 2 saturated heterocycles. The molecule has 0 saturated carbocycles. The number of nitrogens with zero attached hydrogens (tertiary/aromatic N) is 1. The van der Waals surface area contributed by atoms with E-state index >= 15 is 0 Å². The van der Waals surface area contributed by atoms with Gasteiger partial charge in [-0.2, -0.15) is 11.8 Å². The molecule has 2 amide bonds. The van der Waals surface area contributed by atoms with E-state index in [1.165, 1.54) is 0 Å². The van der Waals surface area contributed by atoms with Crippen molar-refractivity contribution in [3.8, 4) is 0 Å². The first-order valence-electron chi connectivity index (χ1n) is 10.8. The van der Waals surface area contributed by atoms with Crippen LogP contribution in [0.2, 0.25) is 5.02 Å². The number of morpholine rings is 1. The second kappa shape index (κ2) is 12.6. The molecule has 2 N–H and O–H groups in total. The smallest absolute Gasteiger partial charge is 0.253 e. The second-order valence-electron chi connectivity index (χ2n) is 7.87. The molecular weight excluding hydrogens is 438 g/mol. The molecule has 2 fully saturated rings. The van der Waals surface area contributed by atoms with Gasteiger partial charge in [0.2, 0.25) is 5.91 Å². The second-order valence-corrected chi connectivity index (χ2v) is 9.26. The molecule has 172 valence electrons. The Morgan fingerprint density at radius 2 is 2.00 bits per heavy atom. The van der Waals surface area contributed by atoms with E-state index in [4.69, 9.17) is 21.1 Å². The van der Waals surface area contributed by atoms with Gasteiger partial charge in [-0.1, -0.05) is 23.7 Å². The Labute approximate surface area is 193 Å². The lowest BCUT2D eigenvalue weighted by atomic mass is 9.96. The fourth-order valence-corrected chi connectivity index (χ4v) is 4.77. The fourth-order valence-electron chi connectivity index (χ4n) is 4.07. The van der Waals surface area contributed by atoms with Crippen molar-refractivity contribution in [2.45, 2.75) is 24.9 Å². The molecule has 2 aliphatic heterocycles. The highest BCUT2D eigenvalue weighted by Gasteiger charge is 2.32. The van der Waals surface area contributed by atoms with Gasteiger partial charge in [0.1, 0.15) is 6.04 Å². The van der Waals surface area contributed by atoms with Gasteiger partial charge in [-0.05, 0) is 37.0 Å². The van der Waals surface area contributed by atoms with Gasteiger partial charge in [0, 0.05) is 38.2 Å². The molecule has 31 heavy (non-hydrogen) atoms. The molecule has 2 heterocycles. The van der Waals surface area contributed by atoms with E-state index in [1.54, 1.807) is 36.0 Å². The summed E-state index contributed by atoms with van der Waals surface area (Å²) < 4.78 is 11.1. The molecule has 9 heteroatoms. The Morgan fingerprint density at radius 1 is 1.23 bits per heavy atom. The number of carbonyl (C=O) groups is 2. The van der Waals surface area contributed by atoms with Gasteiger partial charge in [-0.25, -0.2) is 0 Å². The lowest BCUT2D eigenvalue weighted by Gasteiger charge is -2.37. The van der Waals surface area contributed by atoms with Crippen LogP contribution in [0.1, 0.15) is 23.2 Å². The molecule has 3 rings (SSSR count). The van der Waals surface area contributed by atoms with Crippen molar-refractivity contribution in [3.63, 3.8) is 0 Å². The number of carbonyl (C=O) groups excluding carboxylic acids is 2. The van der Waals surface area contributed by atoms with Crippen molar-refractivity contribution in [2.75, 3.05) is 58.1 Å². The molecule has 0 spiro atoms. The predicted octanol–water partition coefficient (Wildman–Crippen LogP) is 2.04. The fraction of sp³-hybridized carbons (Fsp3) is 0.636. The van der Waals surface area contributed by atoms with Gasteiger partial charge in [0.25, 0.3) is 5.91 Å². The molecule has 1 aromatic rings. The Kier molecular flexibility index (Phi) is 9.93. The van der Waals surface area contributed by atoms with Gasteiger partial charge < -0.3 is 20.1 Å². The highest BCUT2D eigenvalue weighted by Crippen LogP contribution is 2.22. The van der Waals surface area contributed by atoms with Crippen molar-refractivity contribution < 1.29 is 19.1 Å². The molecule has 1 aromatic carbocycles. The molecule has 3 atom stereocenters. The number of nitrogens with one attached hydrogen (secondary N) is 2. The third-order valence-corrected chi connectivity index (χ3v) is 6.83. The minimum Gasteiger partial charge on any atom is -0.381 e. The Bertz CT molecular complexity index is 726. The average Bonchev–Trinajstić information content (AvgIpc) is 3.32. The molecule has 7 nitrogen and oxygen atoms in total. The predicted molar refractivity (Wildman–Crippen MR) is 124 cm³/mol. The largest absolute Gasteiger partial charge is 0.381 e. The Hall–Kier alpha value is -1.32. The zero-order valence-corrected chi connectivity index (χ0v) is 19.6. The monoisotopic (exact) mass is 469 g/mol. The summed E-state index contributed by atoms with van der Waals surface area (Å²) in [6.07, 6.45) is 3.54. The van der Waals surface area contributed by atoms with Crippen LogP contribution in [0, 0.1) is 5.92 Å². The average molecular weight is 470 g/mol. The van der Waals surface area contributed by atoms with E-state index in [9.17, 15) is 9.59 Å². The minimum absolute atomic E-state index is 0.161. The number of halogens is 1. The summed E-state index contributed by atoms with van der Waals surface area (Å²) in [5.74, 6) is 0.665. The minimum atomic E-state index is -0.610. The molecular formula is C22H32ClN3O4S. The summed E-state index contributed by atoms with van der Waals surface area (Å²) in [6.45, 7) is 5.15. The summed E-state index contributed by atoms with van der Waals surface area (Å²) >= 11 is 7.80. The van der Waals surface area contributed by atoms with E-state index in [-0.39, 0.29) is 17.9 Å². The lowest BCUT2D eigenvalue weighted by Crippen LogP contribution is -2.55. The highest BCUT2D eigenvalue weighted by molar-refractivity contribution is 7.98.